The molecule has 0 spiro atoms. The Kier molecular flexibility index (Phi) is 64.4. The number of nitrogens with zero attached hydrogens (tertiary/aromatic N) is 1. The summed E-state index contributed by atoms with van der Waals surface area (Å²) in [6.45, 7) is 5.54. The monoisotopic (exact) mass is 2150 g/mol. The summed E-state index contributed by atoms with van der Waals surface area (Å²) in [7, 11) is 6.67. The summed E-state index contributed by atoms with van der Waals surface area (Å²) in [5.74, 6) is -5.78. The van der Waals surface area contributed by atoms with Crippen molar-refractivity contribution in [2.24, 2.45) is 5.73 Å². The predicted octanol–water partition coefficient (Wildman–Crippen LogP) is 0.593. The zero-order valence-corrected chi connectivity index (χ0v) is 88.9. The predicted molar refractivity (Wildman–Crippen MR) is 506 cm³/mol. The van der Waals surface area contributed by atoms with E-state index in [-0.39, 0.29) is 293 Å². The zero-order chi connectivity index (χ0) is 100. The number of amides is 10. The van der Waals surface area contributed by atoms with Gasteiger partial charge in [-0.1, -0.05) is 100 Å². The van der Waals surface area contributed by atoms with Crippen molar-refractivity contribution in [2.75, 3.05) is 68.1 Å². The van der Waals surface area contributed by atoms with Gasteiger partial charge in [0.25, 0.3) is 30.1 Å². The first-order chi connectivity index (χ1) is 64.2. The van der Waals surface area contributed by atoms with E-state index in [0.29, 0.717) is 51.7 Å². The van der Waals surface area contributed by atoms with Gasteiger partial charge in [-0.2, -0.15) is 0 Å². The molecule has 1 fully saturated rings. The minimum atomic E-state index is -1.38. The molecule has 15 N–H and O–H groups in total. The van der Waals surface area contributed by atoms with Crippen LogP contribution in [0, 0.1) is 0 Å². The molecule has 140 heavy (non-hydrogen) atoms. The second-order valence-corrected chi connectivity index (χ2v) is 32.0. The molecule has 5 atom stereocenters. The van der Waals surface area contributed by atoms with E-state index in [0.717, 1.165) is 20.1 Å². The Bertz CT molecular complexity index is 5450. The number of rotatable bonds is 37. The quantitative estimate of drug-likeness (QED) is 0.00482. The molecule has 0 bridgehead atoms. The van der Waals surface area contributed by atoms with Crippen LogP contribution in [0.25, 0.3) is 24.3 Å². The first-order valence-electron chi connectivity index (χ1n) is 39.8. The first kappa shape index (κ1) is 131. The van der Waals surface area contributed by atoms with Gasteiger partial charge in [-0.3, -0.25) is 47.9 Å². The van der Waals surface area contributed by atoms with Gasteiger partial charge in [0.15, 0.2) is 0 Å². The number of furan rings is 4. The molecule has 1 aliphatic heterocycles. The average Bonchev–Trinajstić information content (AvgIpc) is 1.79. The smallest absolute Gasteiger partial charge is 1.00 e. The van der Waals surface area contributed by atoms with Gasteiger partial charge in [-0.15, -0.1) is 0 Å². The first-order valence-corrected chi connectivity index (χ1v) is 42.8. The Balaban J connectivity index is 0. The number of alkyl carbamates (subject to hydrolysis) is 1. The van der Waals surface area contributed by atoms with E-state index in [9.17, 15) is 72.2 Å². The van der Waals surface area contributed by atoms with Crippen molar-refractivity contribution in [1.82, 2.24) is 63.4 Å². The number of carbonyl (C=O) groups excluding carboxylic acids is 14. The third kappa shape index (κ3) is 46.9. The van der Waals surface area contributed by atoms with Gasteiger partial charge >= 0.3 is 152 Å². The second kappa shape index (κ2) is 68.9. The molecule has 5 heterocycles. The number of ether oxygens (including phenoxy) is 4. The van der Waals surface area contributed by atoms with E-state index in [2.05, 4.69) is 72.8 Å². The topological polar surface area (TPSA) is 590 Å². The maximum absolute atomic E-state index is 12.8. The van der Waals surface area contributed by atoms with Crippen molar-refractivity contribution in [3.63, 3.8) is 0 Å². The van der Waals surface area contributed by atoms with E-state index < -0.39 is 83.4 Å². The number of hydrogen-bond acceptors (Lipinski definition) is 29. The van der Waals surface area contributed by atoms with Crippen LogP contribution in [-0.2, 0) is 98.0 Å². The van der Waals surface area contributed by atoms with Crippen LogP contribution in [-0.4, -0.2) is 209 Å². The minimum absolute atomic E-state index is 0. The van der Waals surface area contributed by atoms with E-state index in [1.165, 1.54) is 148 Å². The maximum Gasteiger partial charge on any atom is 1.00 e. The minimum Gasteiger partial charge on any atom is -1.00 e. The SMILES string of the molecule is C.CN(C[C@H](NC(=O)c1c(Cl)cc(CNC(=O)/C=C/c2ccco2)cc1Cl)C(=O)O)C(=O)[C@@H]1CCCN1.CNC[C@H](NC(=O)c1c(Cl)cc(CNC(=O)/C=C/c2ccco2)cc1Cl)C(=O)OC.COC(=O)[C@H](CN)NC(=O)c1c(Cl)cc(CNC(=O)/C=C/c2ccco2)cc1Cl.COC(=O)[C@H](CNC(=O)OC(C)(C)C)NC(=O)c1c(Cl)cc(CNC(=O)/C=C/c2ccco2)cc1Cl.O=CO[O-].[H-].[K+].[K+].[Li+].[OH-]. The Morgan fingerprint density at radius 2 is 0.786 bits per heavy atom. The molecule has 10 amide bonds. The molecule has 1 aliphatic rings. The van der Waals surface area contributed by atoms with Crippen LogP contribution < -0.4 is 191 Å². The maximum atomic E-state index is 12.8. The number of aliphatic carboxylic acids is 1. The van der Waals surface area contributed by atoms with Crippen LogP contribution in [0.3, 0.4) is 0 Å². The Morgan fingerprint density at radius 3 is 1.02 bits per heavy atom. The fourth-order valence-electron chi connectivity index (χ4n) is 11.3. The molecule has 1 saturated heterocycles. The summed E-state index contributed by atoms with van der Waals surface area (Å²) in [5.41, 5.74) is 6.80. The zero-order valence-electron chi connectivity index (χ0n) is 77.6. The van der Waals surface area contributed by atoms with Crippen LogP contribution in [0.4, 0.5) is 4.79 Å². The van der Waals surface area contributed by atoms with Crippen LogP contribution in [0.2, 0.25) is 40.2 Å². The van der Waals surface area contributed by atoms with E-state index >= 15 is 0 Å². The number of benzene rings is 4. The largest absolute Gasteiger partial charge is 1.00 e. The number of carboxylic acids is 1. The number of carbonyl (C=O) groups is 15. The van der Waals surface area contributed by atoms with Gasteiger partial charge in [-0.25, -0.2) is 24.0 Å². The molecule has 51 heteroatoms. The molecule has 40 nitrogen and oxygen atoms in total. The van der Waals surface area contributed by atoms with Gasteiger partial charge < -0.3 is 128 Å². The summed E-state index contributed by atoms with van der Waals surface area (Å²) in [6.07, 6.45) is 18.1. The number of carboxylic acid groups (broad SMARTS) is 1. The molecule has 0 unspecified atom stereocenters. The van der Waals surface area contributed by atoms with Crippen molar-refractivity contribution < 1.29 is 252 Å². The van der Waals surface area contributed by atoms with E-state index in [4.69, 9.17) is 136 Å². The number of hydrogen-bond donors (Lipinski definition) is 13. The number of esters is 3. The van der Waals surface area contributed by atoms with Crippen molar-refractivity contribution in [3.8, 4) is 0 Å². The van der Waals surface area contributed by atoms with Gasteiger partial charge in [0.1, 0.15) is 52.8 Å². The van der Waals surface area contributed by atoms with Crippen LogP contribution >= 0.6 is 92.8 Å². The summed E-state index contributed by atoms with van der Waals surface area (Å²) in [5, 5.41) is 47.0. The van der Waals surface area contributed by atoms with Gasteiger partial charge in [0.2, 0.25) is 29.5 Å². The molecule has 742 valence electrons. The summed E-state index contributed by atoms with van der Waals surface area (Å²) < 4.78 is 39.5. The standard InChI is InChI=1S/C24H26Cl2N4O6.C24H27Cl2N3O7.C20H21Cl2N3O5.C19H19Cl2N3O5.CH2O3.CH4.2K.Li.H2O.H/c1-30(23(33)18-5-2-8-27-18)13-19(24(34)35)29-22(32)21-16(25)10-14(11-17(21)26)12-28-20(31)7-6-15-4-3-9-36-15;1-24(2,3)36-23(33)28-13-18(22(32)34-4)29-21(31)20-16(25)10-14(11-17(20)26)12-27-19(30)8-7-15-6-5-9-35-15;1-23-11-16(20(28)29-2)25-19(27)18-14(21)8-12(9-15(18)22)10-24-17(26)6-5-13-4-3-7-30-13;1-28-19(27)15(9-22)24-18(26)17-13(20)7-11(8-14(17)21)10-23-16(25)5-4-12-3-2-6-29-12;2-1-4-3;;;;;;/h3-4,6-7,9-11,18-19,27H,2,5,8,12-13H2,1H3,(H,28,31)(H,29,32)(H,34,35);5-11,18H,12-13H2,1-4H3,(H,27,30)(H,28,33)(H,29,31);3-9,16,23H,10-11H2,1-2H3,(H,24,26)(H,25,27);2-8,15H,9-10,22H2,1H3,(H,23,25)(H,24,26);1,3H;1H4;;;;1H2;/q;;;;;;3*+1;;-1/p-2/b7-6+;8-7+;6-5+;5-4+;;;;;;;/t18-,19-;18-;16-;15-;;;;;;;/m0000......./s1. The third-order valence-electron chi connectivity index (χ3n) is 17.7. The van der Waals surface area contributed by atoms with Gasteiger partial charge in [-0.05, 0) is 191 Å². The average molecular weight is 2150 g/mol. The van der Waals surface area contributed by atoms with Crippen LogP contribution in [0.15, 0.2) is 164 Å². The normalized spacial score (nSPS) is 12.4. The Morgan fingerprint density at radius 1 is 0.507 bits per heavy atom. The number of likely N-dealkylation sites (N-methyl/N-ethyl adjacent to an activating group) is 2. The van der Waals surface area contributed by atoms with Crippen molar-refractivity contribution >= 4 is 207 Å². The van der Waals surface area contributed by atoms with Crippen LogP contribution in [0.1, 0.15) is 129 Å². The number of nitrogens with one attached hydrogen (secondary N) is 11. The Hall–Kier alpha value is -9.20. The molecule has 8 aromatic rings. The third-order valence-corrected chi connectivity index (χ3v) is 20.0. The van der Waals surface area contributed by atoms with Crippen molar-refractivity contribution in [3.05, 3.63) is 254 Å². The van der Waals surface area contributed by atoms with E-state index in [1.54, 1.807) is 76.3 Å². The molecule has 4 aromatic carbocycles. The molecule has 0 radical (unpaired) electrons. The Labute approximate surface area is 942 Å². The molecular weight excluding hydrogens is 2050 g/mol. The fraction of sp³-hybridized carbons (Fsp3) is 0.292. The fourth-order valence-corrected chi connectivity index (χ4v) is 14.1. The van der Waals surface area contributed by atoms with Crippen LogP contribution in [0.5, 0.6) is 0 Å². The molecule has 9 rings (SSSR count). The van der Waals surface area contributed by atoms with Crippen molar-refractivity contribution in [2.45, 2.75) is 103 Å². The van der Waals surface area contributed by atoms with Crippen molar-refractivity contribution in [1.29, 1.82) is 0 Å². The number of halogens is 8. The number of nitrogens with two attached hydrogens (primary N) is 1. The molecular formula is C89H100Cl8K2LiN13O27. The summed E-state index contributed by atoms with van der Waals surface area (Å²) in [6, 6.07) is 20.6. The molecule has 0 aliphatic carbocycles. The van der Waals surface area contributed by atoms with Gasteiger partial charge in [0.05, 0.1) is 128 Å². The summed E-state index contributed by atoms with van der Waals surface area (Å²) >= 11 is 49.9. The van der Waals surface area contributed by atoms with Gasteiger partial charge in [0, 0.05) is 70.6 Å². The number of methoxy groups -OCH3 is 3. The summed E-state index contributed by atoms with van der Waals surface area (Å²) in [4.78, 5) is 183. The van der Waals surface area contributed by atoms with E-state index in [1.807, 2.05) is 0 Å². The second-order valence-electron chi connectivity index (χ2n) is 28.8. The molecule has 0 saturated carbocycles. The molecule has 4 aromatic heterocycles.